The van der Waals surface area contributed by atoms with Crippen LogP contribution in [0.15, 0.2) is 122 Å². The maximum absolute atomic E-state index is 14.2. The molecule has 1 aromatic heterocycles. The van der Waals surface area contributed by atoms with E-state index in [1.165, 1.54) is 0 Å². The summed E-state index contributed by atoms with van der Waals surface area (Å²) >= 11 is 0. The van der Waals surface area contributed by atoms with Crippen LogP contribution in [0.5, 0.6) is 0 Å². The van der Waals surface area contributed by atoms with Crippen molar-refractivity contribution in [1.29, 1.82) is 0 Å². The van der Waals surface area contributed by atoms with E-state index in [0.717, 1.165) is 17.7 Å². The zero-order chi connectivity index (χ0) is 57.6. The predicted octanol–water partition coefficient (Wildman–Crippen LogP) is 14.0. The van der Waals surface area contributed by atoms with Crippen molar-refractivity contribution in [3.05, 3.63) is 177 Å². The minimum Gasteiger partial charge on any atom is -0.287 e. The van der Waals surface area contributed by atoms with E-state index < -0.39 is 195 Å². The van der Waals surface area contributed by atoms with Gasteiger partial charge in [-0.25, -0.2) is 0 Å². The van der Waals surface area contributed by atoms with Crippen LogP contribution in [0.25, 0.3) is 0 Å². The van der Waals surface area contributed by atoms with Crippen LogP contribution in [0.4, 0.5) is 105 Å². The number of carbonyl (C=O) groups excluding carboxylic acids is 1. The van der Waals surface area contributed by atoms with E-state index in [-0.39, 0.29) is 5.78 Å². The molecule has 1 atom stereocenters. The number of hydrogen-bond acceptors (Lipinski definition) is 2. The number of alkyl halides is 24. The Bertz CT molecular complexity index is 2600. The lowest BCUT2D eigenvalue weighted by Crippen LogP contribution is -2.75. The van der Waals surface area contributed by atoms with Gasteiger partial charge in [0.1, 0.15) is 6.15 Å². The van der Waals surface area contributed by atoms with Gasteiger partial charge in [0, 0.05) is 11.5 Å². The Labute approximate surface area is 412 Å². The summed E-state index contributed by atoms with van der Waals surface area (Å²) in [6.45, 7) is 4.66. The third-order valence-corrected chi connectivity index (χ3v) is 11.8. The lowest BCUT2D eigenvalue weighted by molar-refractivity contribution is -0.692. The minimum atomic E-state index is -6.13. The van der Waals surface area contributed by atoms with Gasteiger partial charge in [-0.15, -0.1) is 0 Å². The molecule has 0 spiro atoms. The molecule has 1 unspecified atom stereocenters. The highest BCUT2D eigenvalue weighted by atomic mass is 19.4. The molecule has 0 N–H and O–H groups in total. The summed E-state index contributed by atoms with van der Waals surface area (Å²) in [5.41, 5.74) is -28.3. The molecule has 0 radical (unpaired) electrons. The molecule has 0 bridgehead atoms. The van der Waals surface area contributed by atoms with Crippen LogP contribution in [-0.4, -0.2) is 16.9 Å². The van der Waals surface area contributed by atoms with E-state index in [4.69, 9.17) is 0 Å². The standard InChI is InChI=1S/C32H12BF24.C16H19N2O/c34-25(35,36)13-1-14(26(37,38)39)6-21(5-13)33(22-7-15(27(40,41)42)2-16(8-22)28(43,44)45,23-9-17(29(46,47)48)3-18(10-23)30(49,50)51)24-11-19(31(52,53)54)4-20(12-24)32(55,56)57;1-3-13(2)15-11-17-9-10-18(15)12-16(19)14-7-5-4-6-8-14/h1-12H;4-11,13H,3,12H2,1-2H3/q-1;+1. The first kappa shape index (κ1) is 60.1. The molecule has 0 amide bonds. The first-order chi connectivity index (χ1) is 34.5. The molecule has 0 fully saturated rings. The molecule has 0 aliphatic rings. The Hall–Kier alpha value is -6.77. The SMILES string of the molecule is CCC(C)c1cncc[n+]1CC(=O)c1ccccc1.FC(F)(F)c1cc([B-](c2cc(C(F)(F)F)cc(C(F)(F)F)c2)(c2cc(C(F)(F)F)cc(C(F)(F)F)c2)c2cc(C(F)(F)F)cc(C(F)(F)F)c2)cc(C(F)(F)F)c1. The lowest BCUT2D eigenvalue weighted by atomic mass is 9.12. The minimum absolute atomic E-state index is 0.126. The van der Waals surface area contributed by atoms with Gasteiger partial charge in [0.25, 0.3) is 0 Å². The Morgan fingerprint density at radius 2 is 0.711 bits per heavy atom. The van der Waals surface area contributed by atoms with Crippen LogP contribution < -0.4 is 26.4 Å². The van der Waals surface area contributed by atoms with E-state index >= 15 is 0 Å². The number of carbonyl (C=O) groups is 1. The normalized spacial score (nSPS) is 13.8. The van der Waals surface area contributed by atoms with Crippen molar-refractivity contribution in [2.45, 2.75) is 82.1 Å². The van der Waals surface area contributed by atoms with Crippen molar-refractivity contribution in [3.63, 3.8) is 0 Å². The van der Waals surface area contributed by atoms with Crippen molar-refractivity contribution >= 4 is 33.8 Å². The second kappa shape index (κ2) is 21.0. The molecule has 1 heterocycles. The Morgan fingerprint density at radius 3 is 0.947 bits per heavy atom. The van der Waals surface area contributed by atoms with Gasteiger partial charge < -0.3 is 0 Å². The van der Waals surface area contributed by atoms with Crippen molar-refractivity contribution in [1.82, 2.24) is 4.98 Å². The number of Topliss-reactive ketones (excluding diaryl/α,β-unsaturated/α-hetero) is 1. The van der Waals surface area contributed by atoms with Crippen LogP contribution >= 0.6 is 0 Å². The van der Waals surface area contributed by atoms with Crippen molar-refractivity contribution in [2.24, 2.45) is 0 Å². The number of benzene rings is 5. The molecule has 0 saturated carbocycles. The highest BCUT2D eigenvalue weighted by Gasteiger charge is 2.47. The first-order valence-corrected chi connectivity index (χ1v) is 21.3. The van der Waals surface area contributed by atoms with E-state index in [9.17, 15) is 110 Å². The first-order valence-electron chi connectivity index (χ1n) is 21.3. The van der Waals surface area contributed by atoms with Crippen molar-refractivity contribution in [3.8, 4) is 0 Å². The molecule has 0 aliphatic heterocycles. The Morgan fingerprint density at radius 1 is 0.447 bits per heavy atom. The topological polar surface area (TPSA) is 33.8 Å². The van der Waals surface area contributed by atoms with Gasteiger partial charge >= 0.3 is 49.4 Å². The number of hydrogen-bond donors (Lipinski definition) is 0. The fraction of sp³-hybridized carbons (Fsp3) is 0.271. The Kier molecular flexibility index (Phi) is 16.6. The van der Waals surface area contributed by atoms with Gasteiger partial charge in [-0.05, 0) is 30.7 Å². The average molecular weight is 1120 g/mol. The third-order valence-electron chi connectivity index (χ3n) is 11.8. The summed E-state index contributed by atoms with van der Waals surface area (Å²) in [4.78, 5) is 16.4. The highest BCUT2D eigenvalue weighted by molar-refractivity contribution is 7.20. The van der Waals surface area contributed by atoms with Gasteiger partial charge in [-0.1, -0.05) is 92.7 Å². The number of aromatic nitrogens is 2. The molecule has 6 aromatic rings. The fourth-order valence-corrected chi connectivity index (χ4v) is 8.10. The van der Waals surface area contributed by atoms with Crippen molar-refractivity contribution in [2.75, 3.05) is 0 Å². The van der Waals surface area contributed by atoms with Gasteiger partial charge in [0.15, 0.2) is 6.20 Å². The predicted molar refractivity (Wildman–Crippen MR) is 224 cm³/mol. The zero-order valence-electron chi connectivity index (χ0n) is 38.0. The molecular weight excluding hydrogens is 1090 g/mol. The van der Waals surface area contributed by atoms with Gasteiger partial charge in [0.2, 0.25) is 18.0 Å². The second-order valence-electron chi connectivity index (χ2n) is 17.0. The van der Waals surface area contributed by atoms with Gasteiger partial charge in [0.05, 0.1) is 56.9 Å². The van der Waals surface area contributed by atoms with Gasteiger partial charge in [-0.2, -0.15) is 132 Å². The average Bonchev–Trinajstić information content (AvgIpc) is 3.29. The smallest absolute Gasteiger partial charge is 0.287 e. The maximum Gasteiger partial charge on any atom is 0.416 e. The van der Waals surface area contributed by atoms with Gasteiger partial charge in [-0.3, -0.25) is 9.78 Å². The number of ketones is 1. The summed E-state index contributed by atoms with van der Waals surface area (Å²) < 4.78 is 343. The number of nitrogens with zero attached hydrogens (tertiary/aromatic N) is 2. The number of rotatable bonds is 9. The summed E-state index contributed by atoms with van der Waals surface area (Å²) in [5, 5.41) is 0. The van der Waals surface area contributed by atoms with E-state index in [0.29, 0.717) is 12.5 Å². The number of halogens is 24. The molecule has 6 rings (SSSR count). The molecule has 410 valence electrons. The van der Waals surface area contributed by atoms with Crippen LogP contribution in [-0.2, 0) is 56.0 Å². The van der Waals surface area contributed by atoms with E-state index in [1.807, 2.05) is 47.3 Å². The van der Waals surface area contributed by atoms with Crippen LogP contribution in [0.3, 0.4) is 0 Å². The van der Waals surface area contributed by atoms with E-state index in [2.05, 4.69) is 18.8 Å². The van der Waals surface area contributed by atoms with Crippen LogP contribution in [0.1, 0.15) is 86.7 Å². The lowest BCUT2D eigenvalue weighted by Gasteiger charge is -2.46. The summed E-state index contributed by atoms with van der Waals surface area (Å²) in [6, 6.07) is 0.593. The Balaban J connectivity index is 0.000000468. The van der Waals surface area contributed by atoms with Crippen LogP contribution in [0, 0.1) is 0 Å². The molecule has 28 heteroatoms. The zero-order valence-corrected chi connectivity index (χ0v) is 38.0. The molecule has 0 aliphatic carbocycles. The molecular formula is C48H31BF24N2O. The monoisotopic (exact) mass is 1120 g/mol. The van der Waals surface area contributed by atoms with E-state index in [1.54, 1.807) is 6.20 Å². The fourth-order valence-electron chi connectivity index (χ4n) is 8.10. The summed E-state index contributed by atoms with van der Waals surface area (Å²) in [5.74, 6) is 0.527. The van der Waals surface area contributed by atoms with Crippen molar-refractivity contribution < 1.29 is 115 Å². The molecule has 76 heavy (non-hydrogen) atoms. The van der Waals surface area contributed by atoms with Crippen LogP contribution in [0.2, 0.25) is 0 Å². The largest absolute Gasteiger partial charge is 0.416 e. The quantitative estimate of drug-likeness (QED) is 0.0626. The molecule has 3 nitrogen and oxygen atoms in total. The summed E-state index contributed by atoms with van der Waals surface area (Å²) in [6.07, 6.45) is -48.3. The highest BCUT2D eigenvalue weighted by Crippen LogP contribution is 2.41. The molecule has 0 saturated heterocycles. The maximum atomic E-state index is 14.2. The second-order valence-corrected chi connectivity index (χ2v) is 17.0. The third kappa shape index (κ3) is 13.8. The summed E-state index contributed by atoms with van der Waals surface area (Å²) in [7, 11) is 0. The molecule has 5 aromatic carbocycles.